The zero-order valence-corrected chi connectivity index (χ0v) is 13.9. The second kappa shape index (κ2) is 7.75. The van der Waals surface area contributed by atoms with E-state index in [0.29, 0.717) is 5.06 Å². The number of nitro groups is 1. The molecule has 1 aromatic carbocycles. The van der Waals surface area contributed by atoms with Gasteiger partial charge in [-0.2, -0.15) is 5.10 Å². The van der Waals surface area contributed by atoms with Gasteiger partial charge in [0.15, 0.2) is 5.06 Å². The Morgan fingerprint density at radius 1 is 1.48 bits per heavy atom. The van der Waals surface area contributed by atoms with Crippen molar-refractivity contribution in [3.63, 3.8) is 0 Å². The molecular formula is C14H13N3O4S2. The molecule has 0 fully saturated rings. The summed E-state index contributed by atoms with van der Waals surface area (Å²) in [5, 5.41) is 15.4. The number of methoxy groups -OCH3 is 1. The number of nitrogens with one attached hydrogen (secondary N) is 1. The molecule has 0 radical (unpaired) electrons. The second-order valence-corrected chi connectivity index (χ2v) is 6.31. The van der Waals surface area contributed by atoms with Crippen molar-refractivity contribution in [1.29, 1.82) is 0 Å². The number of hydrazone groups is 1. The minimum atomic E-state index is -0.646. The Balaban J connectivity index is 2.13. The van der Waals surface area contributed by atoms with Crippen LogP contribution >= 0.6 is 23.1 Å². The number of benzene rings is 1. The van der Waals surface area contributed by atoms with Gasteiger partial charge in [-0.3, -0.25) is 14.9 Å². The summed E-state index contributed by atoms with van der Waals surface area (Å²) >= 11 is 3.04. The van der Waals surface area contributed by atoms with E-state index in [1.165, 1.54) is 35.8 Å². The molecule has 1 heterocycles. The molecule has 0 saturated carbocycles. The van der Waals surface area contributed by atoms with Crippen LogP contribution in [0.4, 0.5) is 5.69 Å². The van der Waals surface area contributed by atoms with Crippen molar-refractivity contribution in [2.75, 3.05) is 13.4 Å². The molecular weight excluding hydrogens is 338 g/mol. The highest BCUT2D eigenvalue weighted by molar-refractivity contribution is 8.00. The fourth-order valence-corrected chi connectivity index (χ4v) is 3.25. The molecule has 0 spiro atoms. The van der Waals surface area contributed by atoms with Gasteiger partial charge in [0.25, 0.3) is 11.6 Å². The molecule has 23 heavy (non-hydrogen) atoms. The molecule has 9 heteroatoms. The monoisotopic (exact) mass is 351 g/mol. The van der Waals surface area contributed by atoms with Crippen molar-refractivity contribution in [2.45, 2.75) is 4.21 Å². The molecule has 0 aliphatic heterocycles. The van der Waals surface area contributed by atoms with Crippen LogP contribution in [0.25, 0.3) is 0 Å². The summed E-state index contributed by atoms with van der Waals surface area (Å²) in [5.41, 5.74) is 2.71. The Bertz CT molecular complexity index is 758. The van der Waals surface area contributed by atoms with Crippen LogP contribution in [0, 0.1) is 10.1 Å². The highest BCUT2D eigenvalue weighted by Gasteiger charge is 2.18. The van der Waals surface area contributed by atoms with Gasteiger partial charge in [-0.05, 0) is 18.4 Å². The minimum Gasteiger partial charge on any atom is -0.487 e. The number of hydrogen-bond acceptors (Lipinski definition) is 7. The second-order valence-electron chi connectivity index (χ2n) is 4.19. The number of carbonyl (C=O) groups excluding carboxylic acids is 1. The molecule has 0 aliphatic carbocycles. The molecule has 0 unspecified atom stereocenters. The summed E-state index contributed by atoms with van der Waals surface area (Å²) < 4.78 is 6.28. The van der Waals surface area contributed by atoms with E-state index in [0.717, 1.165) is 9.77 Å². The van der Waals surface area contributed by atoms with Gasteiger partial charge in [0.1, 0.15) is 5.56 Å². The van der Waals surface area contributed by atoms with Crippen molar-refractivity contribution >= 4 is 40.9 Å². The lowest BCUT2D eigenvalue weighted by Gasteiger charge is -2.01. The molecule has 7 nitrogen and oxygen atoms in total. The van der Waals surface area contributed by atoms with Crippen LogP contribution in [0.15, 0.2) is 39.6 Å². The molecule has 1 amide bonds. The number of amides is 1. The SMILES string of the molecule is COc1sc(SC)cc1/C=N/NC(=O)c1ccccc1[N+](=O)[O-]. The van der Waals surface area contributed by atoms with E-state index in [1.807, 2.05) is 12.3 Å². The lowest BCUT2D eigenvalue weighted by Crippen LogP contribution is -2.18. The maximum Gasteiger partial charge on any atom is 0.282 e. The first-order valence-corrected chi connectivity index (χ1v) is 8.39. The Morgan fingerprint density at radius 2 is 2.22 bits per heavy atom. The van der Waals surface area contributed by atoms with E-state index >= 15 is 0 Å². The summed E-state index contributed by atoms with van der Waals surface area (Å²) in [7, 11) is 1.55. The maximum absolute atomic E-state index is 12.0. The van der Waals surface area contributed by atoms with Gasteiger partial charge in [0.2, 0.25) is 0 Å². The van der Waals surface area contributed by atoms with Crippen LogP contribution in [0.2, 0.25) is 0 Å². The number of thioether (sulfide) groups is 1. The summed E-state index contributed by atoms with van der Waals surface area (Å²) in [5.74, 6) is -0.646. The van der Waals surface area contributed by atoms with E-state index in [4.69, 9.17) is 4.74 Å². The van der Waals surface area contributed by atoms with Gasteiger partial charge in [-0.1, -0.05) is 23.5 Å². The number of para-hydroxylation sites is 1. The maximum atomic E-state index is 12.0. The lowest BCUT2D eigenvalue weighted by atomic mass is 10.2. The van der Waals surface area contributed by atoms with Gasteiger partial charge in [0.05, 0.1) is 22.5 Å². The third-order valence-electron chi connectivity index (χ3n) is 2.80. The van der Waals surface area contributed by atoms with Crippen LogP contribution < -0.4 is 10.2 Å². The highest BCUT2D eigenvalue weighted by atomic mass is 32.2. The fraction of sp³-hybridized carbons (Fsp3) is 0.143. The van der Waals surface area contributed by atoms with Gasteiger partial charge in [0, 0.05) is 11.6 Å². The summed E-state index contributed by atoms with van der Waals surface area (Å²) in [6.07, 6.45) is 3.39. The zero-order valence-electron chi connectivity index (χ0n) is 12.3. The zero-order chi connectivity index (χ0) is 16.8. The molecule has 2 rings (SSSR count). The number of thiophene rings is 1. The Kier molecular flexibility index (Phi) is 5.72. The normalized spacial score (nSPS) is 10.7. The molecule has 120 valence electrons. The number of nitro benzene ring substituents is 1. The largest absolute Gasteiger partial charge is 0.487 e. The van der Waals surface area contributed by atoms with Crippen LogP contribution in [0.1, 0.15) is 15.9 Å². The molecule has 1 N–H and O–H groups in total. The summed E-state index contributed by atoms with van der Waals surface area (Å²) in [6.45, 7) is 0. The van der Waals surface area contributed by atoms with Crippen LogP contribution in [0.5, 0.6) is 5.06 Å². The average Bonchev–Trinajstić information content (AvgIpc) is 2.97. The van der Waals surface area contributed by atoms with E-state index < -0.39 is 10.8 Å². The quantitative estimate of drug-likeness (QED) is 0.373. The van der Waals surface area contributed by atoms with E-state index in [-0.39, 0.29) is 11.3 Å². The highest BCUT2D eigenvalue weighted by Crippen LogP contribution is 2.34. The Labute approximate surface area is 140 Å². The summed E-state index contributed by atoms with van der Waals surface area (Å²) in [6, 6.07) is 7.58. The third-order valence-corrected chi connectivity index (χ3v) is 4.98. The van der Waals surface area contributed by atoms with E-state index in [9.17, 15) is 14.9 Å². The number of hydrogen-bond donors (Lipinski definition) is 1. The first-order chi connectivity index (χ1) is 11.1. The number of rotatable bonds is 6. The molecule has 0 bridgehead atoms. The lowest BCUT2D eigenvalue weighted by molar-refractivity contribution is -0.385. The van der Waals surface area contributed by atoms with E-state index in [1.54, 1.807) is 24.9 Å². The summed E-state index contributed by atoms with van der Waals surface area (Å²) in [4.78, 5) is 22.3. The smallest absolute Gasteiger partial charge is 0.282 e. The van der Waals surface area contributed by atoms with Gasteiger partial charge < -0.3 is 4.74 Å². The predicted octanol–water partition coefficient (Wildman–Crippen LogP) is 3.15. The topological polar surface area (TPSA) is 93.8 Å². The van der Waals surface area contributed by atoms with Gasteiger partial charge >= 0.3 is 0 Å². The first-order valence-electron chi connectivity index (χ1n) is 6.35. The fourth-order valence-electron chi connectivity index (χ4n) is 1.76. The minimum absolute atomic E-state index is 0.0447. The first kappa shape index (κ1) is 17.0. The predicted molar refractivity (Wildman–Crippen MR) is 90.8 cm³/mol. The van der Waals surface area contributed by atoms with Crippen LogP contribution in [-0.4, -0.2) is 30.4 Å². The Hall–Kier alpha value is -2.39. The average molecular weight is 351 g/mol. The molecule has 1 aromatic heterocycles. The number of ether oxygens (including phenoxy) is 1. The standard InChI is InChI=1S/C14H13N3O4S2/c1-21-14-9(7-12(22-2)23-14)8-15-16-13(18)10-5-3-4-6-11(10)17(19)20/h3-8H,1-2H3,(H,16,18)/b15-8+. The van der Waals surface area contributed by atoms with Gasteiger partial charge in [-0.15, -0.1) is 11.8 Å². The van der Waals surface area contributed by atoms with Crippen LogP contribution in [0.3, 0.4) is 0 Å². The van der Waals surface area contributed by atoms with Gasteiger partial charge in [-0.25, -0.2) is 5.43 Å². The van der Waals surface area contributed by atoms with Crippen molar-refractivity contribution < 1.29 is 14.5 Å². The van der Waals surface area contributed by atoms with E-state index in [2.05, 4.69) is 10.5 Å². The van der Waals surface area contributed by atoms with Crippen molar-refractivity contribution in [1.82, 2.24) is 5.43 Å². The molecule has 0 atom stereocenters. The number of carbonyl (C=O) groups is 1. The van der Waals surface area contributed by atoms with Crippen molar-refractivity contribution in [3.8, 4) is 5.06 Å². The van der Waals surface area contributed by atoms with Crippen molar-refractivity contribution in [2.24, 2.45) is 5.10 Å². The number of nitrogens with zero attached hydrogens (tertiary/aromatic N) is 2. The molecule has 0 aliphatic rings. The Morgan fingerprint density at radius 3 is 2.87 bits per heavy atom. The third kappa shape index (κ3) is 4.08. The molecule has 2 aromatic rings. The van der Waals surface area contributed by atoms with Crippen molar-refractivity contribution in [3.05, 3.63) is 51.6 Å². The van der Waals surface area contributed by atoms with Crippen LogP contribution in [-0.2, 0) is 0 Å². The molecule has 0 saturated heterocycles.